The fraction of sp³-hybridized carbons (Fsp3) is 0.625. The average molecular weight is 281 g/mol. The van der Waals surface area contributed by atoms with Crippen molar-refractivity contribution in [2.24, 2.45) is 5.92 Å². The van der Waals surface area contributed by atoms with Gasteiger partial charge >= 0.3 is 0 Å². The number of nitrogens with one attached hydrogen (secondary N) is 1. The summed E-state index contributed by atoms with van der Waals surface area (Å²) in [5, 5.41) is 3.47. The molecular formula is C16H27NOS. The summed E-state index contributed by atoms with van der Waals surface area (Å²) >= 11 is 0. The molecule has 0 fully saturated rings. The Morgan fingerprint density at radius 1 is 1.32 bits per heavy atom. The second-order valence-corrected chi connectivity index (χ2v) is 6.79. The molecule has 1 aromatic rings. The molecule has 0 aliphatic rings. The molecule has 0 aliphatic carbocycles. The highest BCUT2D eigenvalue weighted by Gasteiger charge is 2.17. The Balaban J connectivity index is 2.57. The van der Waals surface area contributed by atoms with Crippen LogP contribution < -0.4 is 5.32 Å². The zero-order chi connectivity index (χ0) is 14.3. The monoisotopic (exact) mass is 281 g/mol. The lowest BCUT2D eigenvalue weighted by Crippen LogP contribution is -2.39. The largest absolute Gasteiger partial charge is 0.313 e. The quantitative estimate of drug-likeness (QED) is 0.792. The van der Waals surface area contributed by atoms with Crippen molar-refractivity contribution in [1.82, 2.24) is 5.32 Å². The molecule has 2 nitrogen and oxygen atoms in total. The second-order valence-electron chi connectivity index (χ2n) is 5.29. The lowest BCUT2D eigenvalue weighted by Gasteiger charge is -2.23. The van der Waals surface area contributed by atoms with E-state index >= 15 is 0 Å². The summed E-state index contributed by atoms with van der Waals surface area (Å²) in [4.78, 5) is 0. The normalized spacial score (nSPS) is 16.0. The molecule has 19 heavy (non-hydrogen) atoms. The van der Waals surface area contributed by atoms with Gasteiger partial charge < -0.3 is 5.32 Å². The van der Waals surface area contributed by atoms with Crippen LogP contribution in [0.3, 0.4) is 0 Å². The number of hydrogen-bond donors (Lipinski definition) is 1. The highest BCUT2D eigenvalue weighted by atomic mass is 32.2. The topological polar surface area (TPSA) is 29.1 Å². The van der Waals surface area contributed by atoms with E-state index in [4.69, 9.17) is 0 Å². The van der Waals surface area contributed by atoms with Crippen LogP contribution >= 0.6 is 0 Å². The third kappa shape index (κ3) is 5.87. The van der Waals surface area contributed by atoms with E-state index in [1.807, 2.05) is 6.07 Å². The van der Waals surface area contributed by atoms with Crippen LogP contribution in [0.4, 0.5) is 0 Å². The molecule has 0 radical (unpaired) electrons. The maximum atomic E-state index is 12.3. The zero-order valence-corrected chi connectivity index (χ0v) is 13.4. The molecule has 0 aliphatic heterocycles. The summed E-state index contributed by atoms with van der Waals surface area (Å²) in [5.74, 6) is 1.98. The molecule has 1 N–H and O–H groups in total. The van der Waals surface area contributed by atoms with Crippen LogP contribution in [0.25, 0.3) is 0 Å². The first-order valence-corrected chi connectivity index (χ1v) is 8.69. The van der Waals surface area contributed by atoms with Crippen molar-refractivity contribution < 1.29 is 4.21 Å². The summed E-state index contributed by atoms with van der Waals surface area (Å²) < 4.78 is 12.3. The summed E-state index contributed by atoms with van der Waals surface area (Å²) in [7, 11) is -0.796. The van der Waals surface area contributed by atoms with Gasteiger partial charge in [-0.3, -0.25) is 4.21 Å². The number of benzene rings is 1. The molecule has 0 aromatic heterocycles. The van der Waals surface area contributed by atoms with Gasteiger partial charge in [0.15, 0.2) is 0 Å². The van der Waals surface area contributed by atoms with Crippen LogP contribution in [0.2, 0.25) is 0 Å². The Labute approximate surface area is 120 Å². The van der Waals surface area contributed by atoms with Gasteiger partial charge in [0.25, 0.3) is 0 Å². The lowest BCUT2D eigenvalue weighted by atomic mass is 10.0. The predicted molar refractivity (Wildman–Crippen MR) is 84.8 cm³/mol. The van der Waals surface area contributed by atoms with Gasteiger partial charge in [-0.2, -0.15) is 0 Å². The number of aryl methyl sites for hydroxylation is 1. The molecule has 0 amide bonds. The summed E-state index contributed by atoms with van der Waals surface area (Å²) in [6.07, 6.45) is 1.12. The van der Waals surface area contributed by atoms with Crippen molar-refractivity contribution in [1.29, 1.82) is 0 Å². The molecule has 108 valence electrons. The maximum absolute atomic E-state index is 12.3. The summed E-state index contributed by atoms with van der Waals surface area (Å²) in [6, 6.07) is 8.67. The summed E-state index contributed by atoms with van der Waals surface area (Å²) in [6.45, 7) is 9.55. The fourth-order valence-corrected chi connectivity index (χ4v) is 3.73. The minimum atomic E-state index is -0.796. The SMILES string of the molecule is CCNC(CS(=O)Cc1cccc(C)c1)C(C)CC. The molecule has 3 heteroatoms. The van der Waals surface area contributed by atoms with Crippen molar-refractivity contribution in [2.75, 3.05) is 12.3 Å². The Hall–Kier alpha value is -0.670. The molecule has 1 rings (SSSR count). The van der Waals surface area contributed by atoms with E-state index in [9.17, 15) is 4.21 Å². The van der Waals surface area contributed by atoms with Gasteiger partial charge in [0, 0.05) is 28.3 Å². The van der Waals surface area contributed by atoms with E-state index in [1.54, 1.807) is 0 Å². The Morgan fingerprint density at radius 2 is 2.05 bits per heavy atom. The van der Waals surface area contributed by atoms with Crippen molar-refractivity contribution in [3.05, 3.63) is 35.4 Å². The molecular weight excluding hydrogens is 254 g/mol. The minimum absolute atomic E-state index is 0.362. The van der Waals surface area contributed by atoms with Crippen LogP contribution in [0.5, 0.6) is 0 Å². The summed E-state index contributed by atoms with van der Waals surface area (Å²) in [5.41, 5.74) is 2.41. The maximum Gasteiger partial charge on any atom is 0.0486 e. The molecule has 0 saturated heterocycles. The van der Waals surface area contributed by atoms with Crippen LogP contribution in [0.15, 0.2) is 24.3 Å². The van der Waals surface area contributed by atoms with Gasteiger partial charge in [-0.05, 0) is 24.9 Å². The van der Waals surface area contributed by atoms with Crippen LogP contribution in [0.1, 0.15) is 38.3 Å². The zero-order valence-electron chi connectivity index (χ0n) is 12.6. The number of rotatable bonds is 8. The van der Waals surface area contributed by atoms with Gasteiger partial charge in [-0.1, -0.05) is 57.0 Å². The van der Waals surface area contributed by atoms with E-state index in [1.165, 1.54) is 11.1 Å². The van der Waals surface area contributed by atoms with Crippen molar-refractivity contribution >= 4 is 10.8 Å². The van der Waals surface area contributed by atoms with E-state index in [-0.39, 0.29) is 0 Å². The van der Waals surface area contributed by atoms with Crippen molar-refractivity contribution in [3.63, 3.8) is 0 Å². The molecule has 0 bridgehead atoms. The molecule has 0 heterocycles. The fourth-order valence-electron chi connectivity index (χ4n) is 2.22. The van der Waals surface area contributed by atoms with Gasteiger partial charge in [0.2, 0.25) is 0 Å². The minimum Gasteiger partial charge on any atom is -0.313 e. The van der Waals surface area contributed by atoms with E-state index < -0.39 is 10.8 Å². The third-order valence-corrected chi connectivity index (χ3v) is 4.96. The third-order valence-electron chi connectivity index (χ3n) is 3.57. The van der Waals surface area contributed by atoms with E-state index in [2.05, 4.69) is 51.2 Å². The Kier molecular flexibility index (Phi) is 7.32. The smallest absolute Gasteiger partial charge is 0.0486 e. The number of hydrogen-bond acceptors (Lipinski definition) is 2. The van der Waals surface area contributed by atoms with Gasteiger partial charge in [-0.25, -0.2) is 0 Å². The van der Waals surface area contributed by atoms with Crippen molar-refractivity contribution in [2.45, 2.75) is 45.9 Å². The van der Waals surface area contributed by atoms with Gasteiger partial charge in [-0.15, -0.1) is 0 Å². The van der Waals surface area contributed by atoms with Crippen LogP contribution in [-0.2, 0) is 16.6 Å². The predicted octanol–water partition coefficient (Wildman–Crippen LogP) is 3.27. The Morgan fingerprint density at radius 3 is 2.63 bits per heavy atom. The van der Waals surface area contributed by atoms with E-state index in [0.717, 1.165) is 18.7 Å². The highest BCUT2D eigenvalue weighted by Crippen LogP contribution is 2.12. The lowest BCUT2D eigenvalue weighted by molar-refractivity contribution is 0.401. The average Bonchev–Trinajstić information content (AvgIpc) is 2.37. The standard InChI is InChI=1S/C16H27NOS/c1-5-14(4)16(17-6-2)12-19(18)11-15-9-7-8-13(3)10-15/h7-10,14,16-17H,5-6,11-12H2,1-4H3. The first-order valence-electron chi connectivity index (χ1n) is 7.20. The van der Waals surface area contributed by atoms with E-state index in [0.29, 0.717) is 17.7 Å². The van der Waals surface area contributed by atoms with Crippen LogP contribution in [-0.4, -0.2) is 22.5 Å². The van der Waals surface area contributed by atoms with Crippen molar-refractivity contribution in [3.8, 4) is 0 Å². The molecule has 3 atom stereocenters. The second kappa shape index (κ2) is 8.49. The highest BCUT2D eigenvalue weighted by molar-refractivity contribution is 7.84. The van der Waals surface area contributed by atoms with Gasteiger partial charge in [0.1, 0.15) is 0 Å². The molecule has 0 spiro atoms. The first-order chi connectivity index (χ1) is 9.06. The molecule has 3 unspecified atom stereocenters. The first kappa shape index (κ1) is 16.4. The van der Waals surface area contributed by atoms with Gasteiger partial charge in [0.05, 0.1) is 0 Å². The van der Waals surface area contributed by atoms with Crippen LogP contribution in [0, 0.1) is 12.8 Å². The molecule has 0 saturated carbocycles. The molecule has 1 aromatic carbocycles. The Bertz CT molecular complexity index is 405.